The van der Waals surface area contributed by atoms with Gasteiger partial charge in [-0.2, -0.15) is 0 Å². The van der Waals surface area contributed by atoms with Crippen LogP contribution in [0.3, 0.4) is 0 Å². The van der Waals surface area contributed by atoms with Crippen LogP contribution in [0.1, 0.15) is 11.3 Å². The number of para-hydroxylation sites is 1. The second kappa shape index (κ2) is 6.06. The zero-order chi connectivity index (χ0) is 15.6. The zero-order valence-electron chi connectivity index (χ0n) is 10.7. The second-order valence-electron chi connectivity index (χ2n) is 4.05. The fraction of sp³-hybridized carbons (Fsp3) is 0.182. The number of benzene rings is 1. The average molecular weight is 348 g/mol. The van der Waals surface area contributed by atoms with Crippen molar-refractivity contribution in [2.75, 3.05) is 0 Å². The van der Waals surface area contributed by atoms with Crippen LogP contribution >= 0.6 is 22.9 Å². The number of sulfonamides is 1. The molecule has 0 aliphatic carbocycles. The van der Waals surface area contributed by atoms with Crippen LogP contribution < -0.4 is 4.72 Å². The number of rotatable bonds is 5. The monoisotopic (exact) mass is 347 g/mol. The molecule has 21 heavy (non-hydrogen) atoms. The largest absolute Gasteiger partial charge is 0.273 e. The molecule has 1 aromatic heterocycles. The molecular formula is C11H10ClN3O4S2. The van der Waals surface area contributed by atoms with Gasteiger partial charge in [0.25, 0.3) is 15.7 Å². The van der Waals surface area contributed by atoms with E-state index in [2.05, 4.69) is 9.71 Å². The minimum absolute atomic E-state index is 0.00563. The SMILES string of the molecule is Cc1nc(Cl)sc1S(=O)(=O)NCc1ccccc1[N+](=O)[O-]. The van der Waals surface area contributed by atoms with Crippen LogP contribution in [0.5, 0.6) is 0 Å². The van der Waals surface area contributed by atoms with Crippen molar-refractivity contribution in [1.29, 1.82) is 0 Å². The van der Waals surface area contributed by atoms with Crippen LogP contribution in [0.15, 0.2) is 28.5 Å². The summed E-state index contributed by atoms with van der Waals surface area (Å²) in [6.45, 7) is 1.34. The summed E-state index contributed by atoms with van der Waals surface area (Å²) in [5.74, 6) is 0. The minimum Gasteiger partial charge on any atom is -0.258 e. The van der Waals surface area contributed by atoms with Crippen LogP contribution in [-0.2, 0) is 16.6 Å². The first kappa shape index (κ1) is 15.8. The van der Waals surface area contributed by atoms with Gasteiger partial charge in [-0.25, -0.2) is 18.1 Å². The smallest absolute Gasteiger partial charge is 0.258 e. The van der Waals surface area contributed by atoms with E-state index in [4.69, 9.17) is 11.6 Å². The van der Waals surface area contributed by atoms with Gasteiger partial charge in [0.05, 0.1) is 10.6 Å². The van der Waals surface area contributed by atoms with Crippen LogP contribution in [-0.4, -0.2) is 18.3 Å². The Morgan fingerprint density at radius 2 is 2.10 bits per heavy atom. The molecule has 0 radical (unpaired) electrons. The third-order valence-corrected chi connectivity index (χ3v) is 5.89. The molecule has 0 fully saturated rings. The predicted molar refractivity (Wildman–Crippen MR) is 79.0 cm³/mol. The van der Waals surface area contributed by atoms with Gasteiger partial charge in [-0.15, -0.1) is 0 Å². The van der Waals surface area contributed by atoms with Crippen molar-refractivity contribution < 1.29 is 13.3 Å². The predicted octanol–water partition coefficient (Wildman–Crippen LogP) is 2.49. The summed E-state index contributed by atoms with van der Waals surface area (Å²) in [7, 11) is -3.81. The Hall–Kier alpha value is -1.55. The number of nitro groups is 1. The van der Waals surface area contributed by atoms with Crippen LogP contribution in [0.25, 0.3) is 0 Å². The lowest BCUT2D eigenvalue weighted by atomic mass is 10.2. The first-order chi connectivity index (χ1) is 9.81. The van der Waals surface area contributed by atoms with E-state index in [1.165, 1.54) is 25.1 Å². The molecule has 0 saturated heterocycles. The molecule has 1 heterocycles. The Bertz CT molecular complexity index is 789. The maximum Gasteiger partial charge on any atom is 0.273 e. The van der Waals surface area contributed by atoms with Crippen LogP contribution in [0.4, 0.5) is 5.69 Å². The second-order valence-corrected chi connectivity index (χ2v) is 7.59. The Balaban J connectivity index is 2.24. The van der Waals surface area contributed by atoms with Crippen molar-refractivity contribution in [2.45, 2.75) is 17.7 Å². The minimum atomic E-state index is -3.81. The third-order valence-electron chi connectivity index (χ3n) is 2.61. The summed E-state index contributed by atoms with van der Waals surface area (Å²) in [6.07, 6.45) is 0. The number of nitrogens with zero attached hydrogens (tertiary/aromatic N) is 2. The van der Waals surface area contributed by atoms with Crippen molar-refractivity contribution in [3.05, 3.63) is 50.1 Å². The summed E-state index contributed by atoms with van der Waals surface area (Å²) in [4.78, 5) is 14.2. The van der Waals surface area contributed by atoms with Crippen LogP contribution in [0, 0.1) is 17.0 Å². The highest BCUT2D eigenvalue weighted by Gasteiger charge is 2.22. The summed E-state index contributed by atoms with van der Waals surface area (Å²) >= 11 is 6.52. The first-order valence-electron chi connectivity index (χ1n) is 5.66. The highest BCUT2D eigenvalue weighted by molar-refractivity contribution is 7.91. The molecule has 0 spiro atoms. The van der Waals surface area contributed by atoms with Gasteiger partial charge >= 0.3 is 0 Å². The fourth-order valence-electron chi connectivity index (χ4n) is 1.68. The van der Waals surface area contributed by atoms with Gasteiger partial charge < -0.3 is 0 Å². The topological polar surface area (TPSA) is 102 Å². The molecule has 0 atom stereocenters. The van der Waals surface area contributed by atoms with Crippen molar-refractivity contribution in [1.82, 2.24) is 9.71 Å². The van der Waals surface area contributed by atoms with E-state index in [1.807, 2.05) is 0 Å². The summed E-state index contributed by atoms with van der Waals surface area (Å²) in [5.41, 5.74) is 0.429. The van der Waals surface area contributed by atoms with Crippen molar-refractivity contribution in [3.8, 4) is 0 Å². The number of aromatic nitrogens is 1. The lowest BCUT2D eigenvalue weighted by Gasteiger charge is -2.06. The van der Waals surface area contributed by atoms with Gasteiger partial charge in [-0.3, -0.25) is 10.1 Å². The van der Waals surface area contributed by atoms with Gasteiger partial charge in [0.1, 0.15) is 0 Å². The molecular weight excluding hydrogens is 338 g/mol. The molecule has 2 rings (SSSR count). The number of hydrogen-bond donors (Lipinski definition) is 1. The Kier molecular flexibility index (Phi) is 4.57. The summed E-state index contributed by atoms with van der Waals surface area (Å²) < 4.78 is 26.8. The molecule has 10 heteroatoms. The number of halogens is 1. The lowest BCUT2D eigenvalue weighted by molar-refractivity contribution is -0.385. The molecule has 7 nitrogen and oxygen atoms in total. The van der Waals surface area contributed by atoms with Gasteiger partial charge in [-0.1, -0.05) is 41.1 Å². The molecule has 0 saturated carbocycles. The normalized spacial score (nSPS) is 11.5. The highest BCUT2D eigenvalue weighted by Crippen LogP contribution is 2.27. The molecule has 0 bridgehead atoms. The van der Waals surface area contributed by atoms with Gasteiger partial charge in [0.2, 0.25) is 0 Å². The molecule has 1 aromatic carbocycles. The van der Waals surface area contributed by atoms with E-state index in [0.717, 1.165) is 11.3 Å². The van der Waals surface area contributed by atoms with Crippen molar-refractivity contribution in [2.24, 2.45) is 0 Å². The average Bonchev–Trinajstić information content (AvgIpc) is 2.76. The van der Waals surface area contributed by atoms with Crippen molar-refractivity contribution >= 4 is 38.6 Å². The Morgan fingerprint density at radius 3 is 2.67 bits per heavy atom. The molecule has 0 aliphatic heterocycles. The molecule has 112 valence electrons. The highest BCUT2D eigenvalue weighted by atomic mass is 35.5. The Morgan fingerprint density at radius 1 is 1.43 bits per heavy atom. The summed E-state index contributed by atoms with van der Waals surface area (Å²) in [5, 5.41) is 10.9. The van der Waals surface area contributed by atoms with Crippen molar-refractivity contribution in [3.63, 3.8) is 0 Å². The van der Waals surface area contributed by atoms with E-state index in [9.17, 15) is 18.5 Å². The van der Waals surface area contributed by atoms with E-state index in [-0.39, 0.29) is 26.5 Å². The van der Waals surface area contributed by atoms with Gasteiger partial charge in [0, 0.05) is 18.2 Å². The van der Waals surface area contributed by atoms with E-state index in [0.29, 0.717) is 5.69 Å². The molecule has 2 aromatic rings. The zero-order valence-corrected chi connectivity index (χ0v) is 13.1. The van der Waals surface area contributed by atoms with Gasteiger partial charge in [-0.05, 0) is 6.92 Å². The quantitative estimate of drug-likeness (QED) is 0.661. The van der Waals surface area contributed by atoms with Gasteiger partial charge in [0.15, 0.2) is 8.68 Å². The number of thiazole rings is 1. The summed E-state index contributed by atoms with van der Waals surface area (Å²) in [6, 6.07) is 5.93. The maximum atomic E-state index is 12.2. The Labute approximate surface area is 129 Å². The molecule has 1 N–H and O–H groups in total. The molecule has 0 aliphatic rings. The maximum absolute atomic E-state index is 12.2. The lowest BCUT2D eigenvalue weighted by Crippen LogP contribution is -2.23. The van der Waals surface area contributed by atoms with E-state index < -0.39 is 14.9 Å². The standard InChI is InChI=1S/C11H10ClN3O4S2/c1-7-10(20-11(12)14-7)21(18,19)13-6-8-4-2-3-5-9(8)15(16)17/h2-5,13H,6H2,1H3. The number of nitrogens with one attached hydrogen (secondary N) is 1. The number of aryl methyl sites for hydroxylation is 1. The molecule has 0 amide bonds. The molecule has 0 unspecified atom stereocenters. The fourth-order valence-corrected chi connectivity index (χ4v) is 4.46. The number of hydrogen-bond acceptors (Lipinski definition) is 6. The number of nitro benzene ring substituents is 1. The first-order valence-corrected chi connectivity index (χ1v) is 8.34. The van der Waals surface area contributed by atoms with E-state index in [1.54, 1.807) is 6.07 Å². The van der Waals surface area contributed by atoms with E-state index >= 15 is 0 Å². The third kappa shape index (κ3) is 3.56. The van der Waals surface area contributed by atoms with Crippen LogP contribution in [0.2, 0.25) is 4.47 Å².